The van der Waals surface area contributed by atoms with Crippen molar-refractivity contribution in [3.05, 3.63) is 0 Å². The van der Waals surface area contributed by atoms with Crippen LogP contribution in [0, 0.1) is 0 Å². The Morgan fingerprint density at radius 1 is 1.09 bits per heavy atom. The summed E-state index contributed by atoms with van der Waals surface area (Å²) in [7, 11) is 0. The first-order valence-electron chi connectivity index (χ1n) is 8.18. The summed E-state index contributed by atoms with van der Waals surface area (Å²) in [5.74, 6) is -0.0615. The molecule has 0 bridgehead atoms. The largest absolute Gasteiger partial charge is 0.444 e. The lowest BCUT2D eigenvalue weighted by atomic mass is 10.1. The summed E-state index contributed by atoms with van der Waals surface area (Å²) in [4.78, 5) is 28.4. The maximum Gasteiger partial charge on any atom is 0.410 e. The Balaban J connectivity index is 1.99. The molecule has 2 fully saturated rings. The van der Waals surface area contributed by atoms with Crippen LogP contribution in [-0.4, -0.2) is 78.5 Å². The van der Waals surface area contributed by atoms with Gasteiger partial charge in [0.25, 0.3) is 5.91 Å². The molecule has 0 unspecified atom stereocenters. The van der Waals surface area contributed by atoms with Crippen molar-refractivity contribution in [1.82, 2.24) is 9.80 Å². The van der Waals surface area contributed by atoms with Gasteiger partial charge in [0.05, 0.1) is 19.8 Å². The van der Waals surface area contributed by atoms with E-state index in [1.54, 1.807) is 9.80 Å². The predicted octanol–water partition coefficient (Wildman–Crippen LogP) is 1.26. The van der Waals surface area contributed by atoms with E-state index in [-0.39, 0.29) is 24.1 Å². The van der Waals surface area contributed by atoms with Gasteiger partial charge in [-0.05, 0) is 34.6 Å². The highest BCUT2D eigenvalue weighted by Crippen LogP contribution is 2.21. The number of ether oxygens (including phenoxy) is 3. The quantitative estimate of drug-likeness (QED) is 0.725. The minimum absolute atomic E-state index is 0.0615. The van der Waals surface area contributed by atoms with E-state index in [9.17, 15) is 9.59 Å². The minimum Gasteiger partial charge on any atom is -0.444 e. The van der Waals surface area contributed by atoms with Crippen molar-refractivity contribution in [2.45, 2.75) is 58.4 Å². The van der Waals surface area contributed by atoms with Crippen LogP contribution in [-0.2, 0) is 19.0 Å². The number of carbonyl (C=O) groups excluding carboxylic acids is 2. The zero-order valence-electron chi connectivity index (χ0n) is 14.7. The molecular formula is C16H28N2O5. The van der Waals surface area contributed by atoms with Crippen LogP contribution in [0.2, 0.25) is 0 Å². The lowest BCUT2D eigenvalue weighted by Crippen LogP contribution is -2.62. The topological polar surface area (TPSA) is 68.3 Å². The molecule has 7 heteroatoms. The number of nitrogens with zero attached hydrogens (tertiary/aromatic N) is 2. The van der Waals surface area contributed by atoms with Crippen molar-refractivity contribution >= 4 is 12.0 Å². The van der Waals surface area contributed by atoms with Crippen LogP contribution < -0.4 is 0 Å². The standard InChI is InChI=1S/C16H28N2O5/c1-11-8-17(15(20)23-16(3,4)5)9-12(2)18(11)14(19)13-10-21-6-7-22-13/h11-13H,6-10H2,1-5H3/t11-,12+,13-/m0/s1. The van der Waals surface area contributed by atoms with Gasteiger partial charge in [-0.25, -0.2) is 4.79 Å². The van der Waals surface area contributed by atoms with Crippen molar-refractivity contribution in [2.24, 2.45) is 0 Å². The van der Waals surface area contributed by atoms with Crippen LogP contribution >= 0.6 is 0 Å². The van der Waals surface area contributed by atoms with Crippen LogP contribution in [0.4, 0.5) is 4.79 Å². The number of hydrogen-bond donors (Lipinski definition) is 0. The number of piperazine rings is 1. The normalized spacial score (nSPS) is 29.3. The second-order valence-electron chi connectivity index (χ2n) is 7.26. The van der Waals surface area contributed by atoms with Gasteiger partial charge in [-0.3, -0.25) is 4.79 Å². The molecule has 2 rings (SSSR count). The summed E-state index contributed by atoms with van der Waals surface area (Å²) >= 11 is 0. The van der Waals surface area contributed by atoms with Crippen LogP contribution in [0.5, 0.6) is 0 Å². The second kappa shape index (κ2) is 7.05. The second-order valence-corrected chi connectivity index (χ2v) is 7.26. The Morgan fingerprint density at radius 2 is 1.70 bits per heavy atom. The van der Waals surface area contributed by atoms with Crippen molar-refractivity contribution < 1.29 is 23.8 Å². The fourth-order valence-electron chi connectivity index (χ4n) is 3.03. The number of amides is 2. The third kappa shape index (κ3) is 4.57. The molecule has 0 aromatic heterocycles. The molecule has 2 saturated heterocycles. The van der Waals surface area contributed by atoms with E-state index in [4.69, 9.17) is 14.2 Å². The third-order valence-electron chi connectivity index (χ3n) is 3.92. The molecule has 7 nitrogen and oxygen atoms in total. The van der Waals surface area contributed by atoms with E-state index < -0.39 is 11.7 Å². The Hall–Kier alpha value is -1.34. The zero-order valence-corrected chi connectivity index (χ0v) is 14.7. The molecule has 2 aliphatic heterocycles. The SMILES string of the molecule is C[C@@H]1CN(C(=O)OC(C)(C)C)C[C@H](C)N1C(=O)[C@@H]1COCCO1. The van der Waals surface area contributed by atoms with Gasteiger partial charge in [-0.2, -0.15) is 0 Å². The monoisotopic (exact) mass is 328 g/mol. The fraction of sp³-hybridized carbons (Fsp3) is 0.875. The van der Waals surface area contributed by atoms with Gasteiger partial charge in [0.1, 0.15) is 5.60 Å². The minimum atomic E-state index is -0.540. The molecule has 3 atom stereocenters. The molecule has 132 valence electrons. The van der Waals surface area contributed by atoms with Crippen LogP contribution in [0.25, 0.3) is 0 Å². The number of hydrogen-bond acceptors (Lipinski definition) is 5. The highest BCUT2D eigenvalue weighted by molar-refractivity contribution is 5.82. The van der Waals surface area contributed by atoms with Crippen molar-refractivity contribution in [3.63, 3.8) is 0 Å². The van der Waals surface area contributed by atoms with Crippen molar-refractivity contribution in [2.75, 3.05) is 32.9 Å². The van der Waals surface area contributed by atoms with Crippen LogP contribution in [0.15, 0.2) is 0 Å². The van der Waals surface area contributed by atoms with E-state index >= 15 is 0 Å². The molecule has 0 aliphatic carbocycles. The number of rotatable bonds is 1. The van der Waals surface area contributed by atoms with Crippen LogP contribution in [0.3, 0.4) is 0 Å². The highest BCUT2D eigenvalue weighted by atomic mass is 16.6. The summed E-state index contributed by atoms with van der Waals surface area (Å²) in [6, 6.07) is -0.186. The summed E-state index contributed by atoms with van der Waals surface area (Å²) in [6.45, 7) is 11.6. The summed E-state index contributed by atoms with van der Waals surface area (Å²) in [5, 5.41) is 0. The molecule has 2 heterocycles. The zero-order chi connectivity index (χ0) is 17.2. The Morgan fingerprint density at radius 3 is 2.17 bits per heavy atom. The van der Waals surface area contributed by atoms with Gasteiger partial charge in [-0.1, -0.05) is 0 Å². The lowest BCUT2D eigenvalue weighted by Gasteiger charge is -2.45. The molecule has 23 heavy (non-hydrogen) atoms. The van der Waals surface area contributed by atoms with Crippen LogP contribution in [0.1, 0.15) is 34.6 Å². The molecule has 2 aliphatic rings. The molecular weight excluding hydrogens is 300 g/mol. The van der Waals surface area contributed by atoms with Gasteiger partial charge >= 0.3 is 6.09 Å². The first kappa shape index (κ1) is 18.0. The maximum absolute atomic E-state index is 12.7. The first-order valence-corrected chi connectivity index (χ1v) is 8.18. The maximum atomic E-state index is 12.7. The van der Waals surface area contributed by atoms with Gasteiger partial charge in [0.15, 0.2) is 6.10 Å². The van der Waals surface area contributed by atoms with E-state index in [0.717, 1.165) is 0 Å². The van der Waals surface area contributed by atoms with E-state index in [1.807, 2.05) is 34.6 Å². The van der Waals surface area contributed by atoms with Crippen molar-refractivity contribution in [3.8, 4) is 0 Å². The molecule has 2 amide bonds. The average molecular weight is 328 g/mol. The van der Waals surface area contributed by atoms with Gasteiger partial charge in [-0.15, -0.1) is 0 Å². The Labute approximate surface area is 137 Å². The molecule has 0 saturated carbocycles. The van der Waals surface area contributed by atoms with E-state index in [0.29, 0.717) is 32.9 Å². The average Bonchev–Trinajstić information content (AvgIpc) is 2.45. The molecule has 0 radical (unpaired) electrons. The molecule has 0 aromatic rings. The predicted molar refractivity (Wildman–Crippen MR) is 84.1 cm³/mol. The van der Waals surface area contributed by atoms with Gasteiger partial charge in [0.2, 0.25) is 0 Å². The summed E-state index contributed by atoms with van der Waals surface area (Å²) in [6.07, 6.45) is -0.873. The summed E-state index contributed by atoms with van der Waals surface area (Å²) < 4.78 is 16.3. The molecule has 0 spiro atoms. The third-order valence-corrected chi connectivity index (χ3v) is 3.92. The smallest absolute Gasteiger partial charge is 0.410 e. The molecule has 0 N–H and O–H groups in total. The lowest BCUT2D eigenvalue weighted by molar-refractivity contribution is -0.165. The van der Waals surface area contributed by atoms with E-state index in [2.05, 4.69) is 0 Å². The molecule has 0 aromatic carbocycles. The fourth-order valence-corrected chi connectivity index (χ4v) is 3.03. The van der Waals surface area contributed by atoms with Gasteiger partial charge in [0, 0.05) is 25.2 Å². The Kier molecular flexibility index (Phi) is 5.52. The highest BCUT2D eigenvalue weighted by Gasteiger charge is 2.39. The van der Waals surface area contributed by atoms with E-state index in [1.165, 1.54) is 0 Å². The van der Waals surface area contributed by atoms with Crippen molar-refractivity contribution in [1.29, 1.82) is 0 Å². The first-order chi connectivity index (χ1) is 10.7. The summed E-state index contributed by atoms with van der Waals surface area (Å²) in [5.41, 5.74) is -0.524. The van der Waals surface area contributed by atoms with Gasteiger partial charge < -0.3 is 24.0 Å². The number of carbonyl (C=O) groups is 2. The Bertz CT molecular complexity index is 430.